The standard InChI is InChI=1S/C62H70N6O6/c1-59(2,3)47-25-37-21-41-29-49(61(7,8)9)31-43(57(41)73-19-17-65-35-45-33-51(67-63)13-15-53(45)69)23-39-27-48(60(4,5)6)28-40(56(39)72)24-44-32-50(62(10,11)12)30-42(22-38(26-47)55(37)71)58(44)74-20-18-66-36-46-34-52(68-64)14-16-54(46)70/h13-16,25-36H,17-24H2,1-12H3,(H2-2,65,66,69,70,71,72)/p+2. The third kappa shape index (κ3) is 12.7. The van der Waals surface area contributed by atoms with E-state index >= 15 is 0 Å². The van der Waals surface area contributed by atoms with Gasteiger partial charge < -0.3 is 29.9 Å². The lowest BCUT2D eigenvalue weighted by atomic mass is 9.79. The van der Waals surface area contributed by atoms with Crippen LogP contribution in [0.1, 0.15) is 161 Å². The van der Waals surface area contributed by atoms with Gasteiger partial charge in [-0.15, -0.1) is 0 Å². The monoisotopic (exact) mass is 997 g/mol. The molecule has 6 aromatic rings. The molecule has 0 aromatic heterocycles. The van der Waals surface area contributed by atoms with Crippen molar-refractivity contribution in [3.05, 3.63) is 173 Å². The average molecular weight is 997 g/mol. The van der Waals surface area contributed by atoms with Crippen molar-refractivity contribution in [1.82, 2.24) is 0 Å². The molecular weight excluding hydrogens is 925 g/mol. The lowest BCUT2D eigenvalue weighted by molar-refractivity contribution is 0.322. The molecule has 0 amide bonds. The van der Waals surface area contributed by atoms with Crippen LogP contribution in [0.5, 0.6) is 34.5 Å². The number of hydrogen-bond donors (Lipinski definition) is 4. The first-order valence-corrected chi connectivity index (χ1v) is 25.4. The first-order chi connectivity index (χ1) is 34.7. The number of rotatable bonds is 10. The van der Waals surface area contributed by atoms with Gasteiger partial charge in [0.2, 0.25) is 10.8 Å². The van der Waals surface area contributed by atoms with Gasteiger partial charge in [-0.1, -0.05) is 132 Å². The van der Waals surface area contributed by atoms with Crippen molar-refractivity contribution in [3.8, 4) is 34.5 Å². The van der Waals surface area contributed by atoms with E-state index < -0.39 is 0 Å². The highest BCUT2D eigenvalue weighted by Gasteiger charge is 2.29. The van der Waals surface area contributed by atoms with E-state index in [0.717, 1.165) is 66.8 Å². The predicted molar refractivity (Wildman–Crippen MR) is 297 cm³/mol. The molecule has 12 nitrogen and oxygen atoms in total. The van der Waals surface area contributed by atoms with Crippen LogP contribution in [-0.4, -0.2) is 59.2 Å². The lowest BCUT2D eigenvalue weighted by Crippen LogP contribution is -2.17. The Hall–Kier alpha value is -7.70. The number of aliphatic imine (C=N–C) groups is 2. The van der Waals surface area contributed by atoms with Crippen molar-refractivity contribution >= 4 is 23.8 Å². The van der Waals surface area contributed by atoms with Crippen molar-refractivity contribution in [2.75, 3.05) is 26.3 Å². The number of nitrogens with zero attached hydrogens (tertiary/aromatic N) is 6. The van der Waals surface area contributed by atoms with Crippen LogP contribution < -0.4 is 9.47 Å². The summed E-state index contributed by atoms with van der Waals surface area (Å²) in [6, 6.07) is 26.2. The molecule has 12 heteroatoms. The summed E-state index contributed by atoms with van der Waals surface area (Å²) in [5.74, 6) is 1.69. The zero-order valence-electron chi connectivity index (χ0n) is 45.2. The molecule has 1 aliphatic rings. The number of ether oxygens (including phenoxy) is 2. The molecule has 0 radical (unpaired) electrons. The maximum Gasteiger partial charge on any atom is 0.385 e. The third-order valence-electron chi connectivity index (χ3n) is 13.7. The molecule has 0 saturated carbocycles. The number of hydrogen-bond acceptors (Lipinski definition) is 10. The van der Waals surface area contributed by atoms with E-state index in [9.17, 15) is 31.2 Å². The minimum Gasteiger partial charge on any atom is -0.507 e. The fourth-order valence-corrected chi connectivity index (χ4v) is 9.16. The summed E-state index contributed by atoms with van der Waals surface area (Å²) in [5, 5.41) is 65.0. The van der Waals surface area contributed by atoms with Crippen LogP contribution in [0.15, 0.2) is 94.9 Å². The average Bonchev–Trinajstić information content (AvgIpc) is 3.31. The summed E-state index contributed by atoms with van der Waals surface area (Å²) < 4.78 is 13.7. The normalized spacial score (nSPS) is 13.2. The van der Waals surface area contributed by atoms with Crippen LogP contribution >= 0.6 is 0 Å². The fourth-order valence-electron chi connectivity index (χ4n) is 9.16. The van der Waals surface area contributed by atoms with Crippen LogP contribution in [-0.2, 0) is 47.3 Å². The van der Waals surface area contributed by atoms with Crippen molar-refractivity contribution in [1.29, 1.82) is 10.8 Å². The van der Waals surface area contributed by atoms with E-state index in [2.05, 4.69) is 152 Å². The van der Waals surface area contributed by atoms with Gasteiger partial charge in [-0.3, -0.25) is 9.98 Å². The molecule has 0 saturated heterocycles. The van der Waals surface area contributed by atoms with E-state index in [4.69, 9.17) is 9.47 Å². The van der Waals surface area contributed by atoms with Crippen molar-refractivity contribution in [2.24, 2.45) is 9.98 Å². The Balaban J connectivity index is 1.43. The zero-order chi connectivity index (χ0) is 53.9. The number of benzene rings is 6. The topological polar surface area (TPSA) is 180 Å². The third-order valence-corrected chi connectivity index (χ3v) is 13.7. The molecule has 1 aliphatic carbocycles. The first kappa shape index (κ1) is 54.1. The Morgan fingerprint density at radius 2 is 0.703 bits per heavy atom. The maximum absolute atomic E-state index is 12.7. The molecule has 0 unspecified atom stereocenters. The van der Waals surface area contributed by atoms with Gasteiger partial charge in [0.15, 0.2) is 9.95 Å². The molecule has 74 heavy (non-hydrogen) atoms. The Labute approximate surface area is 436 Å². The van der Waals surface area contributed by atoms with Gasteiger partial charge in [-0.2, -0.15) is 0 Å². The Morgan fingerprint density at radius 1 is 0.432 bits per heavy atom. The number of phenols is 4. The van der Waals surface area contributed by atoms with Gasteiger partial charge in [0.25, 0.3) is 0 Å². The summed E-state index contributed by atoms with van der Waals surface area (Å²) >= 11 is 0. The van der Waals surface area contributed by atoms with Crippen LogP contribution in [0.2, 0.25) is 0 Å². The second-order valence-corrected chi connectivity index (χ2v) is 23.7. The minimum absolute atomic E-state index is 0.00577. The van der Waals surface area contributed by atoms with E-state index in [0.29, 0.717) is 59.7 Å². The van der Waals surface area contributed by atoms with Crippen molar-refractivity contribution < 1.29 is 29.9 Å². The lowest BCUT2D eigenvalue weighted by Gasteiger charge is -2.28. The second kappa shape index (κ2) is 21.4. The van der Waals surface area contributed by atoms with Crippen LogP contribution in [0.25, 0.3) is 9.95 Å². The largest absolute Gasteiger partial charge is 0.507 e. The number of diazo groups is 2. The molecule has 7 rings (SSSR count). The van der Waals surface area contributed by atoms with Crippen molar-refractivity contribution in [3.63, 3.8) is 0 Å². The van der Waals surface area contributed by atoms with Crippen LogP contribution in [0.4, 0.5) is 11.4 Å². The van der Waals surface area contributed by atoms with E-state index in [1.807, 2.05) is 0 Å². The number of phenolic OH excluding ortho intramolecular Hbond substituents is 4. The molecule has 6 aromatic carbocycles. The summed E-state index contributed by atoms with van der Waals surface area (Å²) in [6.45, 7) is 27.0. The molecule has 384 valence electrons. The second-order valence-electron chi connectivity index (χ2n) is 23.7. The van der Waals surface area contributed by atoms with Crippen LogP contribution in [0.3, 0.4) is 0 Å². The van der Waals surface area contributed by atoms with E-state index in [-0.39, 0.29) is 71.0 Å². The quantitative estimate of drug-likeness (QED) is 0.0593. The highest BCUT2D eigenvalue weighted by Crippen LogP contribution is 2.44. The SMILES string of the molecule is CC(C)(C)c1cc2c(O)c(c1)Cc1cc(C(C)(C)C)cc(c1OCCN=Cc1cc([N+]#N)ccc1O)Cc1cc(C(C)(C)C)cc(c1O)Cc1cc(C(C)(C)C)cc(c1OCCN=Cc1cc([N+]#N)ccc1O)C2. The molecule has 4 N–H and O–H groups in total. The predicted octanol–water partition coefficient (Wildman–Crippen LogP) is 14.3. The Kier molecular flexibility index (Phi) is 15.6. The Morgan fingerprint density at radius 3 is 0.959 bits per heavy atom. The first-order valence-electron chi connectivity index (χ1n) is 25.4. The number of fused-ring (bicyclic) bond motifs is 8. The summed E-state index contributed by atoms with van der Waals surface area (Å²) in [6.07, 6.45) is 4.41. The smallest absolute Gasteiger partial charge is 0.385 e. The number of aromatic hydroxyl groups is 4. The van der Waals surface area contributed by atoms with E-state index in [1.54, 1.807) is 0 Å². The Bertz CT molecular complexity index is 2930. The highest BCUT2D eigenvalue weighted by atomic mass is 16.5. The molecule has 0 spiro atoms. The highest BCUT2D eigenvalue weighted by molar-refractivity contribution is 5.86. The summed E-state index contributed by atoms with van der Waals surface area (Å²) in [5.41, 5.74) is 11.1. The molecular formula is C62H72N6O6+2. The fraction of sp³-hybridized carbons (Fsp3) is 0.387. The van der Waals surface area contributed by atoms with Gasteiger partial charge in [-0.05, 0) is 101 Å². The van der Waals surface area contributed by atoms with E-state index in [1.165, 1.54) is 48.8 Å². The van der Waals surface area contributed by atoms with Gasteiger partial charge >= 0.3 is 11.4 Å². The van der Waals surface area contributed by atoms with Gasteiger partial charge in [0.1, 0.15) is 47.7 Å². The van der Waals surface area contributed by atoms with Crippen molar-refractivity contribution in [2.45, 2.75) is 130 Å². The van der Waals surface area contributed by atoms with Gasteiger partial charge in [-0.25, -0.2) is 0 Å². The maximum atomic E-state index is 12.7. The molecule has 0 aliphatic heterocycles. The molecule has 0 heterocycles. The van der Waals surface area contributed by atoms with Gasteiger partial charge in [0.05, 0.1) is 13.1 Å². The molecule has 0 fully saturated rings. The van der Waals surface area contributed by atoms with Gasteiger partial charge in [0, 0.05) is 73.5 Å². The summed E-state index contributed by atoms with van der Waals surface area (Å²) in [7, 11) is 0. The minimum atomic E-state index is -0.285. The zero-order valence-corrected chi connectivity index (χ0v) is 45.2. The van der Waals surface area contributed by atoms with Crippen LogP contribution in [0, 0.1) is 10.8 Å². The molecule has 0 atom stereocenters. The summed E-state index contributed by atoms with van der Waals surface area (Å²) in [4.78, 5) is 15.7. The molecule has 8 bridgehead atoms.